The van der Waals surface area contributed by atoms with Crippen LogP contribution in [0, 0.1) is 0 Å². The molecule has 0 fully saturated rings. The molecular formula is C8H16N2O2. The third kappa shape index (κ3) is 8.97. The van der Waals surface area contributed by atoms with Crippen molar-refractivity contribution in [3.05, 3.63) is 12.7 Å². The highest BCUT2D eigenvalue weighted by atomic mass is 16.5. The van der Waals surface area contributed by atoms with E-state index in [1.165, 1.54) is 0 Å². The van der Waals surface area contributed by atoms with Crippen LogP contribution >= 0.6 is 0 Å². The number of hydrogen-bond donors (Lipinski definition) is 2. The van der Waals surface area contributed by atoms with Crippen molar-refractivity contribution in [3.8, 4) is 0 Å². The van der Waals surface area contributed by atoms with E-state index in [4.69, 9.17) is 5.73 Å². The van der Waals surface area contributed by atoms with Crippen molar-refractivity contribution in [1.82, 2.24) is 5.32 Å². The highest BCUT2D eigenvalue weighted by Gasteiger charge is 1.91. The van der Waals surface area contributed by atoms with Crippen LogP contribution in [-0.4, -0.2) is 25.8 Å². The van der Waals surface area contributed by atoms with Gasteiger partial charge in [0.25, 0.3) is 0 Å². The van der Waals surface area contributed by atoms with Crippen molar-refractivity contribution in [2.24, 2.45) is 5.73 Å². The van der Waals surface area contributed by atoms with Crippen molar-refractivity contribution in [2.75, 3.05) is 19.7 Å². The Labute approximate surface area is 72.8 Å². The Morgan fingerprint density at radius 3 is 2.92 bits per heavy atom. The zero-order chi connectivity index (χ0) is 9.23. The predicted molar refractivity (Wildman–Crippen MR) is 47.8 cm³/mol. The summed E-state index contributed by atoms with van der Waals surface area (Å²) in [5.41, 5.74) is 4.75. The van der Waals surface area contributed by atoms with Gasteiger partial charge in [0.1, 0.15) is 6.61 Å². The topological polar surface area (TPSA) is 64.3 Å². The smallest absolute Gasteiger partial charge is 0.404 e. The molecule has 0 unspecified atom stereocenters. The Balaban J connectivity index is 2.90. The molecule has 0 saturated heterocycles. The Morgan fingerprint density at radius 1 is 1.58 bits per heavy atom. The van der Waals surface area contributed by atoms with Gasteiger partial charge >= 0.3 is 6.09 Å². The summed E-state index contributed by atoms with van der Waals surface area (Å²) >= 11 is 0. The first kappa shape index (κ1) is 11.0. The summed E-state index contributed by atoms with van der Waals surface area (Å²) in [7, 11) is 0. The number of carbonyl (C=O) groups is 1. The summed E-state index contributed by atoms with van der Waals surface area (Å²) in [6, 6.07) is 0. The van der Waals surface area contributed by atoms with Crippen LogP contribution in [0.3, 0.4) is 0 Å². The average molecular weight is 172 g/mol. The lowest BCUT2D eigenvalue weighted by atomic mass is 10.3. The fraction of sp³-hybridized carbons (Fsp3) is 0.625. The zero-order valence-electron chi connectivity index (χ0n) is 7.21. The molecule has 0 atom stereocenters. The molecule has 0 bridgehead atoms. The number of nitrogens with one attached hydrogen (secondary N) is 1. The summed E-state index contributed by atoms with van der Waals surface area (Å²) in [5.74, 6) is 0. The lowest BCUT2D eigenvalue weighted by Crippen LogP contribution is -2.24. The van der Waals surface area contributed by atoms with Gasteiger partial charge in [0.05, 0.1) is 0 Å². The molecule has 0 aromatic rings. The maximum absolute atomic E-state index is 10.1. The molecular weight excluding hydrogens is 156 g/mol. The van der Waals surface area contributed by atoms with Gasteiger partial charge in [0, 0.05) is 6.54 Å². The normalized spacial score (nSPS) is 9.33. The van der Waals surface area contributed by atoms with Crippen LogP contribution in [0.1, 0.15) is 12.8 Å². The number of allylic oxidation sites excluding steroid dienone is 1. The van der Waals surface area contributed by atoms with Crippen LogP contribution in [0.15, 0.2) is 12.7 Å². The largest absolute Gasteiger partial charge is 0.448 e. The molecule has 4 nitrogen and oxygen atoms in total. The molecule has 0 aromatic carbocycles. The molecule has 4 heteroatoms. The SMILES string of the molecule is C=CCCCNCCOC(N)=O. The minimum atomic E-state index is -0.720. The van der Waals surface area contributed by atoms with Crippen molar-refractivity contribution in [1.29, 1.82) is 0 Å². The molecule has 12 heavy (non-hydrogen) atoms. The number of primary amides is 1. The molecule has 70 valence electrons. The molecule has 0 aliphatic heterocycles. The molecule has 0 radical (unpaired) electrons. The summed E-state index contributed by atoms with van der Waals surface area (Å²) < 4.78 is 4.50. The van der Waals surface area contributed by atoms with Gasteiger partial charge in [-0.2, -0.15) is 0 Å². The average Bonchev–Trinajstić information content (AvgIpc) is 2.02. The van der Waals surface area contributed by atoms with Crippen LogP contribution in [0.2, 0.25) is 0 Å². The van der Waals surface area contributed by atoms with E-state index in [1.807, 2.05) is 6.08 Å². The number of nitrogens with two attached hydrogens (primary N) is 1. The fourth-order valence-corrected chi connectivity index (χ4v) is 0.720. The highest BCUT2D eigenvalue weighted by Crippen LogP contribution is 1.85. The van der Waals surface area contributed by atoms with E-state index in [0.717, 1.165) is 19.4 Å². The summed E-state index contributed by atoms with van der Waals surface area (Å²) in [6.45, 7) is 5.50. The molecule has 0 spiro atoms. The first-order valence-electron chi connectivity index (χ1n) is 4.01. The van der Waals surface area contributed by atoms with E-state index in [2.05, 4.69) is 16.6 Å². The van der Waals surface area contributed by atoms with Crippen molar-refractivity contribution < 1.29 is 9.53 Å². The number of unbranched alkanes of at least 4 members (excludes halogenated alkanes) is 1. The van der Waals surface area contributed by atoms with Gasteiger partial charge in [-0.1, -0.05) is 6.08 Å². The molecule has 0 aliphatic rings. The van der Waals surface area contributed by atoms with Crippen molar-refractivity contribution >= 4 is 6.09 Å². The van der Waals surface area contributed by atoms with E-state index >= 15 is 0 Å². The quantitative estimate of drug-likeness (QED) is 0.437. The summed E-state index contributed by atoms with van der Waals surface area (Å²) in [5, 5.41) is 3.10. The number of carbonyl (C=O) groups excluding carboxylic acids is 1. The Bertz CT molecular complexity index is 137. The van der Waals surface area contributed by atoms with Gasteiger partial charge in [-0.05, 0) is 19.4 Å². The Kier molecular flexibility index (Phi) is 7.38. The van der Waals surface area contributed by atoms with Crippen LogP contribution in [0.4, 0.5) is 4.79 Å². The monoisotopic (exact) mass is 172 g/mol. The number of rotatable bonds is 7. The second-order valence-corrected chi connectivity index (χ2v) is 2.35. The molecule has 0 rings (SSSR count). The molecule has 3 N–H and O–H groups in total. The highest BCUT2D eigenvalue weighted by molar-refractivity contribution is 5.64. The van der Waals surface area contributed by atoms with Gasteiger partial charge in [0.15, 0.2) is 0 Å². The van der Waals surface area contributed by atoms with Gasteiger partial charge in [-0.25, -0.2) is 4.79 Å². The lowest BCUT2D eigenvalue weighted by Gasteiger charge is -2.02. The summed E-state index contributed by atoms with van der Waals surface area (Å²) in [6.07, 6.45) is 3.22. The number of amides is 1. The van der Waals surface area contributed by atoms with Crippen molar-refractivity contribution in [2.45, 2.75) is 12.8 Å². The molecule has 0 aromatic heterocycles. The third-order valence-electron chi connectivity index (χ3n) is 1.28. The summed E-state index contributed by atoms with van der Waals surface area (Å²) in [4.78, 5) is 10.1. The zero-order valence-corrected chi connectivity index (χ0v) is 7.21. The van der Waals surface area contributed by atoms with Crippen LogP contribution < -0.4 is 11.1 Å². The predicted octanol–water partition coefficient (Wildman–Crippen LogP) is 0.638. The van der Waals surface area contributed by atoms with E-state index in [0.29, 0.717) is 13.2 Å². The molecule has 0 heterocycles. The lowest BCUT2D eigenvalue weighted by molar-refractivity contribution is 0.157. The van der Waals surface area contributed by atoms with E-state index < -0.39 is 6.09 Å². The van der Waals surface area contributed by atoms with Gasteiger partial charge in [-0.15, -0.1) is 6.58 Å². The number of hydrogen-bond acceptors (Lipinski definition) is 3. The van der Waals surface area contributed by atoms with E-state index in [-0.39, 0.29) is 0 Å². The van der Waals surface area contributed by atoms with E-state index in [9.17, 15) is 4.79 Å². The molecule has 0 saturated carbocycles. The molecule has 1 amide bonds. The number of ether oxygens (including phenoxy) is 1. The van der Waals surface area contributed by atoms with Gasteiger partial charge in [0.2, 0.25) is 0 Å². The minimum Gasteiger partial charge on any atom is -0.448 e. The van der Waals surface area contributed by atoms with Gasteiger partial charge in [-0.3, -0.25) is 0 Å². The van der Waals surface area contributed by atoms with Gasteiger partial charge < -0.3 is 15.8 Å². The van der Waals surface area contributed by atoms with Crippen LogP contribution in [0.25, 0.3) is 0 Å². The maximum Gasteiger partial charge on any atom is 0.404 e. The first-order chi connectivity index (χ1) is 5.77. The van der Waals surface area contributed by atoms with Crippen molar-refractivity contribution in [3.63, 3.8) is 0 Å². The van der Waals surface area contributed by atoms with Crippen LogP contribution in [0.5, 0.6) is 0 Å². The third-order valence-corrected chi connectivity index (χ3v) is 1.28. The van der Waals surface area contributed by atoms with E-state index in [1.54, 1.807) is 0 Å². The second kappa shape index (κ2) is 8.07. The minimum absolute atomic E-state index is 0.337. The fourth-order valence-electron chi connectivity index (χ4n) is 0.720. The second-order valence-electron chi connectivity index (χ2n) is 2.35. The Morgan fingerprint density at radius 2 is 2.33 bits per heavy atom. The van der Waals surface area contributed by atoms with Crippen LogP contribution in [-0.2, 0) is 4.74 Å². The first-order valence-corrected chi connectivity index (χ1v) is 4.01. The Hall–Kier alpha value is -1.03. The maximum atomic E-state index is 10.1. The standard InChI is InChI=1S/C8H16N2O2/c1-2-3-4-5-10-6-7-12-8(9)11/h2,10H,1,3-7H2,(H2,9,11). The molecule has 0 aliphatic carbocycles.